The highest BCUT2D eigenvalue weighted by Crippen LogP contribution is 2.25. The average Bonchev–Trinajstić information content (AvgIpc) is 3.33. The first kappa shape index (κ1) is 21.5. The number of carbonyl (C=O) groups excluding carboxylic acids is 1. The first-order valence-corrected chi connectivity index (χ1v) is 10.1. The van der Waals surface area contributed by atoms with Crippen molar-refractivity contribution in [2.45, 2.75) is 32.7 Å². The SMILES string of the molecule is Cn1ncc2c(NC(=O)NCc3cc(C(C)(C)C)nn3-c3ccc(F)c(F)c3)cccc21. The van der Waals surface area contributed by atoms with Gasteiger partial charge in [-0.05, 0) is 30.3 Å². The van der Waals surface area contributed by atoms with Crippen LogP contribution in [0.4, 0.5) is 19.3 Å². The minimum absolute atomic E-state index is 0.136. The lowest BCUT2D eigenvalue weighted by Gasteiger charge is -2.14. The highest BCUT2D eigenvalue weighted by molar-refractivity contribution is 6.00. The number of aromatic nitrogens is 4. The average molecular weight is 438 g/mol. The van der Waals surface area contributed by atoms with Crippen molar-refractivity contribution in [2.24, 2.45) is 7.05 Å². The molecule has 4 aromatic rings. The molecule has 0 fully saturated rings. The Labute approximate surface area is 184 Å². The Kier molecular flexibility index (Phi) is 5.41. The topological polar surface area (TPSA) is 76.8 Å². The fourth-order valence-electron chi connectivity index (χ4n) is 3.38. The number of nitrogens with one attached hydrogen (secondary N) is 2. The van der Waals surface area contributed by atoms with Gasteiger partial charge in [-0.25, -0.2) is 18.3 Å². The van der Waals surface area contributed by atoms with Crippen LogP contribution in [0, 0.1) is 11.6 Å². The highest BCUT2D eigenvalue weighted by Gasteiger charge is 2.21. The van der Waals surface area contributed by atoms with Crippen molar-refractivity contribution in [3.8, 4) is 5.69 Å². The molecule has 0 aliphatic rings. The third-order valence-electron chi connectivity index (χ3n) is 5.17. The molecule has 4 rings (SSSR count). The van der Waals surface area contributed by atoms with Gasteiger partial charge in [0.2, 0.25) is 0 Å². The maximum absolute atomic E-state index is 13.8. The molecular weight excluding hydrogens is 414 g/mol. The number of urea groups is 1. The van der Waals surface area contributed by atoms with Gasteiger partial charge in [0, 0.05) is 23.9 Å². The van der Waals surface area contributed by atoms with Crippen molar-refractivity contribution >= 4 is 22.6 Å². The van der Waals surface area contributed by atoms with Gasteiger partial charge in [-0.3, -0.25) is 4.68 Å². The monoisotopic (exact) mass is 438 g/mol. The summed E-state index contributed by atoms with van der Waals surface area (Å²) in [7, 11) is 1.83. The van der Waals surface area contributed by atoms with Gasteiger partial charge in [0.15, 0.2) is 11.6 Å². The van der Waals surface area contributed by atoms with Crippen LogP contribution >= 0.6 is 0 Å². The molecule has 0 saturated heterocycles. The van der Waals surface area contributed by atoms with Crippen LogP contribution in [0.2, 0.25) is 0 Å². The molecule has 0 atom stereocenters. The van der Waals surface area contributed by atoms with E-state index >= 15 is 0 Å². The standard InChI is InChI=1S/C23H24F2N6O/c1-23(2,3)21-11-15(31(29-21)14-8-9-17(24)18(25)10-14)12-26-22(32)28-19-6-5-7-20-16(19)13-27-30(20)4/h5-11,13H,12H2,1-4H3,(H2,26,28,32). The Morgan fingerprint density at radius 1 is 1.09 bits per heavy atom. The van der Waals surface area contributed by atoms with Gasteiger partial charge < -0.3 is 10.6 Å². The van der Waals surface area contributed by atoms with Crippen molar-refractivity contribution in [1.82, 2.24) is 24.9 Å². The van der Waals surface area contributed by atoms with Crippen LogP contribution in [0.1, 0.15) is 32.2 Å². The van der Waals surface area contributed by atoms with E-state index in [0.29, 0.717) is 17.1 Å². The number of aryl methyl sites for hydroxylation is 1. The van der Waals surface area contributed by atoms with Crippen LogP contribution in [-0.4, -0.2) is 25.6 Å². The Hall–Kier alpha value is -3.75. The number of hydrogen-bond acceptors (Lipinski definition) is 3. The normalized spacial score (nSPS) is 11.7. The van der Waals surface area contributed by atoms with E-state index in [0.717, 1.165) is 28.7 Å². The zero-order valence-electron chi connectivity index (χ0n) is 18.3. The molecular formula is C23H24F2N6O. The van der Waals surface area contributed by atoms with E-state index in [2.05, 4.69) is 20.8 Å². The van der Waals surface area contributed by atoms with E-state index in [1.165, 1.54) is 10.7 Å². The number of anilines is 1. The lowest BCUT2D eigenvalue weighted by atomic mass is 9.92. The number of halogens is 2. The summed E-state index contributed by atoms with van der Waals surface area (Å²) in [6.07, 6.45) is 1.69. The van der Waals surface area contributed by atoms with Crippen molar-refractivity contribution < 1.29 is 13.6 Å². The Morgan fingerprint density at radius 3 is 2.59 bits per heavy atom. The maximum atomic E-state index is 13.8. The summed E-state index contributed by atoms with van der Waals surface area (Å²) in [6.45, 7) is 6.15. The molecule has 9 heteroatoms. The van der Waals surface area contributed by atoms with E-state index in [9.17, 15) is 13.6 Å². The maximum Gasteiger partial charge on any atom is 0.319 e. The Morgan fingerprint density at radius 2 is 1.88 bits per heavy atom. The van der Waals surface area contributed by atoms with Gasteiger partial charge in [-0.2, -0.15) is 10.2 Å². The quantitative estimate of drug-likeness (QED) is 0.487. The number of amides is 2. The van der Waals surface area contributed by atoms with Gasteiger partial charge in [-0.1, -0.05) is 26.8 Å². The second kappa shape index (κ2) is 8.07. The summed E-state index contributed by atoms with van der Waals surface area (Å²) in [5, 5.41) is 15.3. The summed E-state index contributed by atoms with van der Waals surface area (Å²) >= 11 is 0. The van der Waals surface area contributed by atoms with Crippen LogP contribution in [0.15, 0.2) is 48.7 Å². The van der Waals surface area contributed by atoms with E-state index in [4.69, 9.17) is 0 Å². The first-order valence-electron chi connectivity index (χ1n) is 10.1. The van der Waals surface area contributed by atoms with Crippen molar-refractivity contribution in [2.75, 3.05) is 5.32 Å². The summed E-state index contributed by atoms with van der Waals surface area (Å²) in [4.78, 5) is 12.6. The Balaban J connectivity index is 1.57. The Bertz CT molecular complexity index is 1300. The largest absolute Gasteiger partial charge is 0.332 e. The van der Waals surface area contributed by atoms with Crippen LogP contribution in [-0.2, 0) is 19.0 Å². The van der Waals surface area contributed by atoms with Gasteiger partial charge in [-0.15, -0.1) is 0 Å². The van der Waals surface area contributed by atoms with E-state index < -0.39 is 17.7 Å². The van der Waals surface area contributed by atoms with Crippen molar-refractivity contribution in [1.29, 1.82) is 0 Å². The zero-order chi connectivity index (χ0) is 23.0. The highest BCUT2D eigenvalue weighted by atomic mass is 19.2. The number of hydrogen-bond donors (Lipinski definition) is 2. The lowest BCUT2D eigenvalue weighted by molar-refractivity contribution is 0.251. The number of fused-ring (bicyclic) bond motifs is 1. The molecule has 0 radical (unpaired) electrons. The molecule has 0 unspecified atom stereocenters. The first-order chi connectivity index (χ1) is 15.1. The van der Waals surface area contributed by atoms with Crippen LogP contribution < -0.4 is 10.6 Å². The second-order valence-corrected chi connectivity index (χ2v) is 8.60. The number of rotatable bonds is 4. The number of nitrogens with zero attached hydrogens (tertiary/aromatic N) is 4. The predicted octanol–water partition coefficient (Wildman–Crippen LogP) is 4.66. The van der Waals surface area contributed by atoms with E-state index in [1.54, 1.807) is 16.9 Å². The minimum atomic E-state index is -0.962. The fraction of sp³-hybridized carbons (Fsp3) is 0.261. The minimum Gasteiger partial charge on any atom is -0.332 e. The summed E-state index contributed by atoms with van der Waals surface area (Å²) in [5.41, 5.74) is 3.04. The molecule has 166 valence electrons. The zero-order valence-corrected chi connectivity index (χ0v) is 18.3. The molecule has 0 spiro atoms. The van der Waals surface area contributed by atoms with Crippen molar-refractivity contribution in [3.05, 3.63) is 71.7 Å². The van der Waals surface area contributed by atoms with Crippen LogP contribution in [0.25, 0.3) is 16.6 Å². The number of benzene rings is 2. The van der Waals surface area contributed by atoms with Crippen LogP contribution in [0.3, 0.4) is 0 Å². The van der Waals surface area contributed by atoms with E-state index in [1.807, 2.05) is 46.0 Å². The molecule has 0 aliphatic heterocycles. The molecule has 2 aromatic carbocycles. The van der Waals surface area contributed by atoms with E-state index in [-0.39, 0.29) is 12.0 Å². The molecule has 0 bridgehead atoms. The summed E-state index contributed by atoms with van der Waals surface area (Å²) in [6, 6.07) is 10.6. The van der Waals surface area contributed by atoms with Gasteiger partial charge in [0.25, 0.3) is 0 Å². The summed E-state index contributed by atoms with van der Waals surface area (Å²) < 4.78 is 30.5. The molecule has 0 saturated carbocycles. The van der Waals surface area contributed by atoms with Crippen LogP contribution in [0.5, 0.6) is 0 Å². The third-order valence-corrected chi connectivity index (χ3v) is 5.17. The lowest BCUT2D eigenvalue weighted by Crippen LogP contribution is -2.29. The third kappa shape index (κ3) is 4.18. The molecule has 2 heterocycles. The molecule has 0 aliphatic carbocycles. The molecule has 2 N–H and O–H groups in total. The van der Waals surface area contributed by atoms with Crippen molar-refractivity contribution in [3.63, 3.8) is 0 Å². The molecule has 2 amide bonds. The molecule has 2 aromatic heterocycles. The summed E-state index contributed by atoms with van der Waals surface area (Å²) in [5.74, 6) is -1.89. The molecule has 32 heavy (non-hydrogen) atoms. The number of carbonyl (C=O) groups is 1. The fourth-order valence-corrected chi connectivity index (χ4v) is 3.38. The smallest absolute Gasteiger partial charge is 0.319 e. The van der Waals surface area contributed by atoms with Gasteiger partial charge in [0.05, 0.1) is 41.0 Å². The van der Waals surface area contributed by atoms with Gasteiger partial charge >= 0.3 is 6.03 Å². The molecule has 7 nitrogen and oxygen atoms in total. The second-order valence-electron chi connectivity index (χ2n) is 8.60. The van der Waals surface area contributed by atoms with Gasteiger partial charge in [0.1, 0.15) is 0 Å². The predicted molar refractivity (Wildman–Crippen MR) is 119 cm³/mol.